The summed E-state index contributed by atoms with van der Waals surface area (Å²) in [6, 6.07) is 17.0. The van der Waals surface area contributed by atoms with Crippen molar-refractivity contribution >= 4 is 33.8 Å². The minimum atomic E-state index is -0.359. The molecule has 24 heavy (non-hydrogen) atoms. The second-order valence-corrected chi connectivity index (χ2v) is 8.28. The Kier molecular flexibility index (Phi) is 4.53. The molecule has 1 aliphatic heterocycles. The highest BCUT2D eigenvalue weighted by Crippen LogP contribution is 2.30. The molecule has 3 aromatic rings. The van der Waals surface area contributed by atoms with Crippen molar-refractivity contribution in [2.75, 3.05) is 13.1 Å². The molecular weight excluding hydrogens is 316 g/mol. The third kappa shape index (κ3) is 3.06. The van der Waals surface area contributed by atoms with Crippen LogP contribution in [0.15, 0.2) is 48.5 Å². The number of nitrogens with zero attached hydrogens (tertiary/aromatic N) is 2. The van der Waals surface area contributed by atoms with Crippen molar-refractivity contribution in [3.05, 3.63) is 48.5 Å². The van der Waals surface area contributed by atoms with Gasteiger partial charge in [-0.1, -0.05) is 55.3 Å². The maximum Gasteiger partial charge on any atom is 0.0855 e. The molecule has 4 rings (SSSR count). The van der Waals surface area contributed by atoms with E-state index in [-0.39, 0.29) is 6.10 Å². The molecule has 1 saturated heterocycles. The van der Waals surface area contributed by atoms with E-state index < -0.39 is 0 Å². The summed E-state index contributed by atoms with van der Waals surface area (Å²) in [7, 11) is 0. The third-order valence-corrected chi connectivity index (χ3v) is 6.06. The standard InChI is InChI=1S/C20H24N2OS/c1-15-7-6-12-21(24-15)13-16(23)14-22-19-10-4-2-8-17(19)18-9-3-5-11-20(18)22/h2-5,8-11,15-16,23H,6-7,12-14H2,1H3. The molecule has 0 radical (unpaired) electrons. The minimum absolute atomic E-state index is 0.359. The number of para-hydroxylation sites is 2. The van der Waals surface area contributed by atoms with Crippen molar-refractivity contribution in [2.45, 2.75) is 37.7 Å². The first-order chi connectivity index (χ1) is 11.7. The number of fused-ring (bicyclic) bond motifs is 3. The first-order valence-corrected chi connectivity index (χ1v) is 9.62. The topological polar surface area (TPSA) is 28.4 Å². The zero-order chi connectivity index (χ0) is 16.5. The molecule has 2 aromatic carbocycles. The molecule has 126 valence electrons. The van der Waals surface area contributed by atoms with E-state index in [1.54, 1.807) is 0 Å². The van der Waals surface area contributed by atoms with Crippen LogP contribution in [0.2, 0.25) is 0 Å². The van der Waals surface area contributed by atoms with Gasteiger partial charge in [0, 0.05) is 40.1 Å². The van der Waals surface area contributed by atoms with E-state index in [1.807, 2.05) is 11.9 Å². The number of hydrogen-bond acceptors (Lipinski definition) is 3. The van der Waals surface area contributed by atoms with Crippen molar-refractivity contribution in [1.82, 2.24) is 8.87 Å². The fourth-order valence-corrected chi connectivity index (χ4v) is 5.03. The van der Waals surface area contributed by atoms with Gasteiger partial charge in [0.05, 0.1) is 12.6 Å². The number of aromatic nitrogens is 1. The first-order valence-electron chi connectivity index (χ1n) is 8.78. The summed E-state index contributed by atoms with van der Waals surface area (Å²) in [6.07, 6.45) is 2.16. The zero-order valence-electron chi connectivity index (χ0n) is 14.1. The van der Waals surface area contributed by atoms with Gasteiger partial charge in [-0.3, -0.25) is 0 Å². The van der Waals surface area contributed by atoms with Crippen molar-refractivity contribution < 1.29 is 5.11 Å². The summed E-state index contributed by atoms with van der Waals surface area (Å²) in [5.41, 5.74) is 2.41. The lowest BCUT2D eigenvalue weighted by atomic mass is 10.2. The molecular formula is C20H24N2OS. The van der Waals surface area contributed by atoms with Gasteiger partial charge in [-0.15, -0.1) is 0 Å². The van der Waals surface area contributed by atoms with Gasteiger partial charge in [0.25, 0.3) is 0 Å². The van der Waals surface area contributed by atoms with Crippen molar-refractivity contribution in [3.63, 3.8) is 0 Å². The lowest BCUT2D eigenvalue weighted by Gasteiger charge is -2.31. The SMILES string of the molecule is CC1CCCN(CC(O)Cn2c3ccccc3c3ccccc32)S1. The number of benzene rings is 2. The molecule has 0 bridgehead atoms. The predicted molar refractivity (Wildman–Crippen MR) is 103 cm³/mol. The van der Waals surface area contributed by atoms with Crippen LogP contribution < -0.4 is 0 Å². The summed E-state index contributed by atoms with van der Waals surface area (Å²) in [5, 5.41) is 13.9. The van der Waals surface area contributed by atoms with Gasteiger partial charge >= 0.3 is 0 Å². The van der Waals surface area contributed by atoms with Crippen molar-refractivity contribution in [1.29, 1.82) is 0 Å². The lowest BCUT2D eigenvalue weighted by molar-refractivity contribution is 0.132. The van der Waals surface area contributed by atoms with Gasteiger partial charge in [-0.05, 0) is 25.0 Å². The molecule has 0 amide bonds. The summed E-state index contributed by atoms with van der Waals surface area (Å²) in [5.74, 6) is 0. The molecule has 2 heterocycles. The average Bonchev–Trinajstić information content (AvgIpc) is 2.90. The van der Waals surface area contributed by atoms with E-state index in [2.05, 4.69) is 64.3 Å². The van der Waals surface area contributed by atoms with E-state index in [0.717, 1.165) is 13.1 Å². The molecule has 1 aromatic heterocycles. The van der Waals surface area contributed by atoms with Gasteiger partial charge in [-0.2, -0.15) is 0 Å². The Morgan fingerprint density at radius 1 is 1.04 bits per heavy atom. The molecule has 0 saturated carbocycles. The smallest absolute Gasteiger partial charge is 0.0855 e. The van der Waals surface area contributed by atoms with Crippen LogP contribution in [-0.2, 0) is 6.54 Å². The Morgan fingerprint density at radius 2 is 1.67 bits per heavy atom. The first kappa shape index (κ1) is 16.0. The highest BCUT2D eigenvalue weighted by Gasteiger charge is 2.21. The van der Waals surface area contributed by atoms with E-state index in [1.165, 1.54) is 34.6 Å². The molecule has 3 nitrogen and oxygen atoms in total. The quantitative estimate of drug-likeness (QED) is 0.718. The Labute approximate surface area is 147 Å². The number of hydrogen-bond donors (Lipinski definition) is 1. The van der Waals surface area contributed by atoms with Crippen LogP contribution in [0.5, 0.6) is 0 Å². The summed E-state index contributed by atoms with van der Waals surface area (Å²) < 4.78 is 4.61. The predicted octanol–water partition coefficient (Wildman–Crippen LogP) is 4.29. The highest BCUT2D eigenvalue weighted by atomic mass is 32.2. The zero-order valence-corrected chi connectivity index (χ0v) is 14.9. The van der Waals surface area contributed by atoms with E-state index in [9.17, 15) is 5.11 Å². The number of rotatable bonds is 4. The number of aliphatic hydroxyl groups is 1. The highest BCUT2D eigenvalue weighted by molar-refractivity contribution is 7.97. The van der Waals surface area contributed by atoms with E-state index in [4.69, 9.17) is 0 Å². The lowest BCUT2D eigenvalue weighted by Crippen LogP contribution is -2.34. The molecule has 1 aliphatic rings. The molecule has 0 aliphatic carbocycles. The average molecular weight is 340 g/mol. The Bertz CT molecular complexity index is 791. The minimum Gasteiger partial charge on any atom is -0.390 e. The largest absolute Gasteiger partial charge is 0.390 e. The maximum atomic E-state index is 10.7. The van der Waals surface area contributed by atoms with Crippen LogP contribution >= 0.6 is 11.9 Å². The Balaban J connectivity index is 1.61. The fraction of sp³-hybridized carbons (Fsp3) is 0.400. The molecule has 1 fully saturated rings. The summed E-state index contributed by atoms with van der Waals surface area (Å²) in [4.78, 5) is 0. The second-order valence-electron chi connectivity index (χ2n) is 6.74. The third-order valence-electron chi connectivity index (χ3n) is 4.83. The molecule has 4 heteroatoms. The Hall–Kier alpha value is -1.49. The van der Waals surface area contributed by atoms with E-state index >= 15 is 0 Å². The molecule has 2 unspecified atom stereocenters. The number of aliphatic hydroxyl groups excluding tert-OH is 1. The van der Waals surface area contributed by atoms with Crippen LogP contribution in [0, 0.1) is 0 Å². The Morgan fingerprint density at radius 3 is 2.29 bits per heavy atom. The van der Waals surface area contributed by atoms with Gasteiger partial charge < -0.3 is 9.67 Å². The van der Waals surface area contributed by atoms with Crippen LogP contribution in [0.1, 0.15) is 19.8 Å². The van der Waals surface area contributed by atoms with Crippen LogP contribution in [0.3, 0.4) is 0 Å². The second kappa shape index (κ2) is 6.79. The van der Waals surface area contributed by atoms with Crippen LogP contribution in [-0.4, -0.2) is 38.4 Å². The normalized spacial score (nSPS) is 20.7. The van der Waals surface area contributed by atoms with Gasteiger partial charge in [0.1, 0.15) is 0 Å². The van der Waals surface area contributed by atoms with Crippen molar-refractivity contribution in [3.8, 4) is 0 Å². The maximum absolute atomic E-state index is 10.7. The fourth-order valence-electron chi connectivity index (χ4n) is 3.75. The van der Waals surface area contributed by atoms with Crippen LogP contribution in [0.25, 0.3) is 21.8 Å². The monoisotopic (exact) mass is 340 g/mol. The van der Waals surface area contributed by atoms with E-state index in [0.29, 0.717) is 11.8 Å². The van der Waals surface area contributed by atoms with Crippen molar-refractivity contribution in [2.24, 2.45) is 0 Å². The summed E-state index contributed by atoms with van der Waals surface area (Å²) >= 11 is 1.90. The number of β-amino-alcohol motifs (C(OH)–C–C–N with tert-alkyl or cyclic N) is 1. The van der Waals surface area contributed by atoms with Gasteiger partial charge in [0.15, 0.2) is 0 Å². The molecule has 2 atom stereocenters. The molecule has 1 N–H and O–H groups in total. The van der Waals surface area contributed by atoms with Gasteiger partial charge in [0.2, 0.25) is 0 Å². The van der Waals surface area contributed by atoms with Gasteiger partial charge in [-0.25, -0.2) is 4.31 Å². The molecule has 0 spiro atoms. The van der Waals surface area contributed by atoms with Crippen LogP contribution in [0.4, 0.5) is 0 Å². The summed E-state index contributed by atoms with van der Waals surface area (Å²) in [6.45, 7) is 4.73.